The summed E-state index contributed by atoms with van der Waals surface area (Å²) in [6.45, 7) is 0. The molecule has 0 aliphatic carbocycles. The van der Waals surface area contributed by atoms with E-state index < -0.39 is 0 Å². The van der Waals surface area contributed by atoms with Gasteiger partial charge in [-0.3, -0.25) is 9.20 Å². The van der Waals surface area contributed by atoms with Crippen molar-refractivity contribution in [3.8, 4) is 17.0 Å². The van der Waals surface area contributed by atoms with Gasteiger partial charge in [-0.05, 0) is 12.1 Å². The van der Waals surface area contributed by atoms with Crippen LogP contribution in [-0.2, 0) is 0 Å². The SMILES string of the molecule is COc1cccc(-c2nc3sccn3c2C=O)c1. The van der Waals surface area contributed by atoms with Crippen LogP contribution in [0.2, 0.25) is 0 Å². The zero-order valence-electron chi connectivity index (χ0n) is 9.66. The van der Waals surface area contributed by atoms with Gasteiger partial charge >= 0.3 is 0 Å². The fourth-order valence-corrected chi connectivity index (χ4v) is 2.62. The maximum atomic E-state index is 11.2. The van der Waals surface area contributed by atoms with E-state index in [1.54, 1.807) is 11.5 Å². The first kappa shape index (κ1) is 11.0. The van der Waals surface area contributed by atoms with Crippen molar-refractivity contribution in [3.05, 3.63) is 41.5 Å². The van der Waals surface area contributed by atoms with Crippen molar-refractivity contribution >= 4 is 22.6 Å². The van der Waals surface area contributed by atoms with Gasteiger partial charge in [-0.15, -0.1) is 11.3 Å². The quantitative estimate of drug-likeness (QED) is 0.678. The van der Waals surface area contributed by atoms with Crippen molar-refractivity contribution in [1.82, 2.24) is 9.38 Å². The number of aromatic nitrogens is 2. The number of rotatable bonds is 3. The molecule has 2 heterocycles. The highest BCUT2D eigenvalue weighted by atomic mass is 32.1. The van der Waals surface area contributed by atoms with Crippen LogP contribution in [0.1, 0.15) is 10.5 Å². The van der Waals surface area contributed by atoms with Crippen LogP contribution in [0.3, 0.4) is 0 Å². The van der Waals surface area contributed by atoms with Gasteiger partial charge in [-0.2, -0.15) is 0 Å². The van der Waals surface area contributed by atoms with Crippen molar-refractivity contribution in [2.75, 3.05) is 7.11 Å². The molecule has 3 aromatic rings. The maximum absolute atomic E-state index is 11.2. The van der Waals surface area contributed by atoms with Gasteiger partial charge in [0.2, 0.25) is 0 Å². The number of nitrogens with zero attached hydrogens (tertiary/aromatic N) is 2. The topological polar surface area (TPSA) is 43.6 Å². The van der Waals surface area contributed by atoms with E-state index in [4.69, 9.17) is 4.74 Å². The molecule has 0 amide bonds. The number of methoxy groups -OCH3 is 1. The Morgan fingerprint density at radius 1 is 1.44 bits per heavy atom. The Kier molecular flexibility index (Phi) is 2.60. The average Bonchev–Trinajstić information content (AvgIpc) is 2.98. The molecule has 0 N–H and O–H groups in total. The van der Waals surface area contributed by atoms with Crippen LogP contribution in [-0.4, -0.2) is 22.8 Å². The standard InChI is InChI=1S/C13H10N2O2S/c1-17-10-4-2-3-9(7-10)12-11(8-16)15-5-6-18-13(15)14-12/h2-8H,1H3. The molecule has 0 aliphatic rings. The summed E-state index contributed by atoms with van der Waals surface area (Å²) in [6, 6.07) is 7.54. The smallest absolute Gasteiger partial charge is 0.194 e. The molecule has 0 fully saturated rings. The van der Waals surface area contributed by atoms with Crippen LogP contribution < -0.4 is 4.74 Å². The molecule has 0 atom stereocenters. The van der Waals surface area contributed by atoms with Gasteiger partial charge < -0.3 is 4.74 Å². The number of carbonyl (C=O) groups excluding carboxylic acids is 1. The number of carbonyl (C=O) groups is 1. The minimum absolute atomic E-state index is 0.569. The second kappa shape index (κ2) is 4.27. The predicted molar refractivity (Wildman–Crippen MR) is 70.4 cm³/mol. The van der Waals surface area contributed by atoms with Crippen LogP contribution in [0, 0.1) is 0 Å². The fourth-order valence-electron chi connectivity index (χ4n) is 1.90. The molecule has 3 rings (SSSR count). The Morgan fingerprint density at radius 3 is 3.11 bits per heavy atom. The summed E-state index contributed by atoms with van der Waals surface area (Å²) in [6.07, 6.45) is 2.68. The molecular weight excluding hydrogens is 248 g/mol. The molecule has 0 saturated heterocycles. The number of hydrogen-bond donors (Lipinski definition) is 0. The molecule has 5 heteroatoms. The van der Waals surface area contributed by atoms with Crippen molar-refractivity contribution in [2.45, 2.75) is 0 Å². The van der Waals surface area contributed by atoms with Crippen LogP contribution in [0.25, 0.3) is 16.2 Å². The lowest BCUT2D eigenvalue weighted by Crippen LogP contribution is -1.90. The molecule has 0 bridgehead atoms. The zero-order chi connectivity index (χ0) is 12.5. The summed E-state index contributed by atoms with van der Waals surface area (Å²) >= 11 is 1.50. The third-order valence-corrected chi connectivity index (χ3v) is 3.51. The van der Waals surface area contributed by atoms with E-state index >= 15 is 0 Å². The highest BCUT2D eigenvalue weighted by Gasteiger charge is 2.14. The highest BCUT2D eigenvalue weighted by molar-refractivity contribution is 7.15. The number of imidazole rings is 1. The van der Waals surface area contributed by atoms with Crippen LogP contribution >= 0.6 is 11.3 Å². The molecule has 1 aromatic carbocycles. The molecule has 0 unspecified atom stereocenters. The van der Waals surface area contributed by atoms with Gasteiger partial charge in [0, 0.05) is 17.1 Å². The van der Waals surface area contributed by atoms with Crippen molar-refractivity contribution in [3.63, 3.8) is 0 Å². The fraction of sp³-hybridized carbons (Fsp3) is 0.0769. The van der Waals surface area contributed by atoms with E-state index in [1.165, 1.54) is 11.3 Å². The number of fused-ring (bicyclic) bond motifs is 1. The molecule has 0 radical (unpaired) electrons. The summed E-state index contributed by atoms with van der Waals surface area (Å²) in [5, 5.41) is 1.91. The molecule has 0 aliphatic heterocycles. The average molecular weight is 258 g/mol. The summed E-state index contributed by atoms with van der Waals surface area (Å²) in [5.74, 6) is 0.751. The molecule has 18 heavy (non-hydrogen) atoms. The zero-order valence-corrected chi connectivity index (χ0v) is 10.5. The lowest BCUT2D eigenvalue weighted by molar-refractivity contribution is 0.111. The Labute approximate surface area is 107 Å². The minimum Gasteiger partial charge on any atom is -0.497 e. The van der Waals surface area contributed by atoms with Gasteiger partial charge in [0.15, 0.2) is 11.2 Å². The van der Waals surface area contributed by atoms with Crippen molar-refractivity contribution in [1.29, 1.82) is 0 Å². The first-order valence-corrected chi connectivity index (χ1v) is 6.26. The Balaban J connectivity index is 2.23. The van der Waals surface area contributed by atoms with Gasteiger partial charge in [0.1, 0.15) is 17.1 Å². The summed E-state index contributed by atoms with van der Waals surface area (Å²) in [4.78, 5) is 16.5. The Morgan fingerprint density at radius 2 is 2.33 bits per heavy atom. The second-order valence-electron chi connectivity index (χ2n) is 3.75. The van der Waals surface area contributed by atoms with Crippen LogP contribution in [0.15, 0.2) is 35.8 Å². The number of thiazole rings is 1. The summed E-state index contributed by atoms with van der Waals surface area (Å²) in [5.41, 5.74) is 2.14. The lowest BCUT2D eigenvalue weighted by atomic mass is 10.1. The predicted octanol–water partition coefficient (Wildman–Crippen LogP) is 2.88. The molecule has 2 aromatic heterocycles. The van der Waals surface area contributed by atoms with E-state index in [-0.39, 0.29) is 0 Å². The number of hydrogen-bond acceptors (Lipinski definition) is 4. The van der Waals surface area contributed by atoms with Gasteiger partial charge in [0.25, 0.3) is 0 Å². The first-order valence-electron chi connectivity index (χ1n) is 5.38. The largest absolute Gasteiger partial charge is 0.497 e. The molecular formula is C13H10N2O2S. The normalized spacial score (nSPS) is 10.7. The lowest BCUT2D eigenvalue weighted by Gasteiger charge is -2.02. The molecule has 4 nitrogen and oxygen atoms in total. The van der Waals surface area contributed by atoms with E-state index in [0.717, 1.165) is 22.6 Å². The Bertz CT molecular complexity index is 715. The van der Waals surface area contributed by atoms with Crippen molar-refractivity contribution in [2.24, 2.45) is 0 Å². The Hall–Kier alpha value is -2.14. The van der Waals surface area contributed by atoms with Crippen LogP contribution in [0.4, 0.5) is 0 Å². The van der Waals surface area contributed by atoms with E-state index in [9.17, 15) is 4.79 Å². The monoisotopic (exact) mass is 258 g/mol. The number of benzene rings is 1. The number of aldehydes is 1. The number of ether oxygens (including phenoxy) is 1. The van der Waals surface area contributed by atoms with Gasteiger partial charge in [-0.1, -0.05) is 12.1 Å². The second-order valence-corrected chi connectivity index (χ2v) is 4.62. The summed E-state index contributed by atoms with van der Waals surface area (Å²) < 4.78 is 6.98. The third kappa shape index (κ3) is 1.60. The first-order chi connectivity index (χ1) is 8.83. The van der Waals surface area contributed by atoms with Crippen molar-refractivity contribution < 1.29 is 9.53 Å². The molecule has 0 spiro atoms. The third-order valence-electron chi connectivity index (χ3n) is 2.75. The molecule has 90 valence electrons. The maximum Gasteiger partial charge on any atom is 0.194 e. The van der Waals surface area contributed by atoms with Crippen LogP contribution in [0.5, 0.6) is 5.75 Å². The highest BCUT2D eigenvalue weighted by Crippen LogP contribution is 2.27. The van der Waals surface area contributed by atoms with Gasteiger partial charge in [-0.25, -0.2) is 4.98 Å². The van der Waals surface area contributed by atoms with E-state index in [1.807, 2.05) is 35.8 Å². The van der Waals surface area contributed by atoms with Gasteiger partial charge in [0.05, 0.1) is 7.11 Å². The van der Waals surface area contributed by atoms with E-state index in [2.05, 4.69) is 4.98 Å². The molecule has 0 saturated carbocycles. The summed E-state index contributed by atoms with van der Waals surface area (Å²) in [7, 11) is 1.62. The minimum atomic E-state index is 0.569. The van der Waals surface area contributed by atoms with E-state index in [0.29, 0.717) is 11.4 Å².